The van der Waals surface area contributed by atoms with Gasteiger partial charge in [-0.25, -0.2) is 0 Å². The summed E-state index contributed by atoms with van der Waals surface area (Å²) in [4.78, 5) is 0. The maximum Gasteiger partial charge on any atom is 0.138 e. The first-order valence-electron chi connectivity index (χ1n) is 4.18. The zero-order chi connectivity index (χ0) is 9.97. The Hall–Kier alpha value is -1.41. The molecule has 1 aromatic heterocycles. The second-order valence-electron chi connectivity index (χ2n) is 2.83. The van der Waals surface area contributed by atoms with Gasteiger partial charge in [0, 0.05) is 5.56 Å². The van der Waals surface area contributed by atoms with Crippen LogP contribution in [-0.2, 0) is 0 Å². The molecule has 1 aromatic carbocycles. The molecule has 0 spiro atoms. The molecule has 1 heterocycles. The summed E-state index contributed by atoms with van der Waals surface area (Å²) < 4.78 is 10.4. The van der Waals surface area contributed by atoms with Gasteiger partial charge in [0.15, 0.2) is 0 Å². The zero-order valence-corrected chi connectivity index (χ0v) is 8.41. The van der Waals surface area contributed by atoms with Crippen molar-refractivity contribution in [1.29, 1.82) is 0 Å². The monoisotopic (exact) mass is 208 g/mol. The summed E-state index contributed by atoms with van der Waals surface area (Å²) in [6.45, 7) is 0. The highest BCUT2D eigenvalue weighted by molar-refractivity contribution is 6.32. The quantitative estimate of drug-likeness (QED) is 0.752. The lowest BCUT2D eigenvalue weighted by Gasteiger charge is -2.04. The van der Waals surface area contributed by atoms with Gasteiger partial charge < -0.3 is 9.15 Å². The van der Waals surface area contributed by atoms with Gasteiger partial charge in [-0.05, 0) is 30.3 Å². The lowest BCUT2D eigenvalue weighted by atomic mass is 10.1. The van der Waals surface area contributed by atoms with Crippen LogP contribution in [-0.4, -0.2) is 7.11 Å². The molecular weight excluding hydrogens is 200 g/mol. The normalized spacial score (nSPS) is 10.1. The fourth-order valence-corrected chi connectivity index (χ4v) is 1.45. The van der Waals surface area contributed by atoms with Crippen molar-refractivity contribution in [2.24, 2.45) is 0 Å². The number of hydrogen-bond donors (Lipinski definition) is 0. The lowest BCUT2D eigenvalue weighted by Crippen LogP contribution is -1.84. The van der Waals surface area contributed by atoms with E-state index >= 15 is 0 Å². The number of ether oxygens (including phenoxy) is 1. The number of furan rings is 1. The number of methoxy groups -OCH3 is 1. The average Bonchev–Trinajstić information content (AvgIpc) is 2.71. The van der Waals surface area contributed by atoms with E-state index in [-0.39, 0.29) is 0 Å². The Morgan fingerprint density at radius 2 is 2.14 bits per heavy atom. The number of rotatable bonds is 2. The molecule has 0 radical (unpaired) electrons. The van der Waals surface area contributed by atoms with Crippen molar-refractivity contribution >= 4 is 11.6 Å². The maximum atomic E-state index is 5.90. The molecule has 0 unspecified atom stereocenters. The Balaban J connectivity index is 2.46. The lowest BCUT2D eigenvalue weighted by molar-refractivity contribution is 0.415. The molecule has 14 heavy (non-hydrogen) atoms. The molecule has 0 atom stereocenters. The van der Waals surface area contributed by atoms with Crippen molar-refractivity contribution in [3.8, 4) is 17.1 Å². The maximum absolute atomic E-state index is 5.90. The van der Waals surface area contributed by atoms with Crippen molar-refractivity contribution < 1.29 is 9.15 Å². The predicted octanol–water partition coefficient (Wildman–Crippen LogP) is 3.61. The van der Waals surface area contributed by atoms with Crippen LogP contribution in [0.15, 0.2) is 41.0 Å². The van der Waals surface area contributed by atoms with Crippen molar-refractivity contribution in [1.82, 2.24) is 0 Å². The fraction of sp³-hybridized carbons (Fsp3) is 0.0909. The molecule has 0 saturated carbocycles. The first-order chi connectivity index (χ1) is 6.81. The largest absolute Gasteiger partial charge is 0.495 e. The van der Waals surface area contributed by atoms with Crippen LogP contribution in [0.3, 0.4) is 0 Å². The Morgan fingerprint density at radius 1 is 1.29 bits per heavy atom. The summed E-state index contributed by atoms with van der Waals surface area (Å²) in [7, 11) is 1.59. The van der Waals surface area contributed by atoms with Crippen LogP contribution in [0, 0.1) is 0 Å². The highest BCUT2D eigenvalue weighted by atomic mass is 35.5. The highest BCUT2D eigenvalue weighted by Gasteiger charge is 2.05. The summed E-state index contributed by atoms with van der Waals surface area (Å²) in [6, 6.07) is 9.27. The first-order valence-corrected chi connectivity index (χ1v) is 4.56. The third-order valence-electron chi connectivity index (χ3n) is 1.96. The minimum absolute atomic E-state index is 0.600. The van der Waals surface area contributed by atoms with E-state index in [2.05, 4.69) is 0 Å². The van der Waals surface area contributed by atoms with Gasteiger partial charge in [0.25, 0.3) is 0 Å². The summed E-state index contributed by atoms with van der Waals surface area (Å²) in [5.41, 5.74) is 0.955. The van der Waals surface area contributed by atoms with Crippen molar-refractivity contribution in [3.05, 3.63) is 41.6 Å². The summed E-state index contributed by atoms with van der Waals surface area (Å²) in [5, 5.41) is 0.600. The SMILES string of the molecule is COc1cc(-c2ccco2)ccc1Cl. The Bertz CT molecular complexity index is 421. The standard InChI is InChI=1S/C11H9ClO2/c1-13-11-7-8(4-5-9(11)12)10-3-2-6-14-10/h2-7H,1H3. The Morgan fingerprint density at radius 3 is 2.79 bits per heavy atom. The van der Waals surface area contributed by atoms with Gasteiger partial charge in [0.2, 0.25) is 0 Å². The van der Waals surface area contributed by atoms with Crippen LogP contribution < -0.4 is 4.74 Å². The van der Waals surface area contributed by atoms with Crippen LogP contribution in [0.25, 0.3) is 11.3 Å². The van der Waals surface area contributed by atoms with E-state index in [1.54, 1.807) is 19.4 Å². The molecule has 72 valence electrons. The van der Waals surface area contributed by atoms with Crippen LogP contribution in [0.2, 0.25) is 5.02 Å². The molecule has 0 N–H and O–H groups in total. The topological polar surface area (TPSA) is 22.4 Å². The van der Waals surface area contributed by atoms with E-state index in [1.807, 2.05) is 24.3 Å². The summed E-state index contributed by atoms with van der Waals surface area (Å²) in [6.07, 6.45) is 1.64. The minimum atomic E-state index is 0.600. The predicted molar refractivity (Wildman–Crippen MR) is 55.7 cm³/mol. The molecule has 0 aliphatic heterocycles. The minimum Gasteiger partial charge on any atom is -0.495 e. The van der Waals surface area contributed by atoms with Crippen molar-refractivity contribution in [2.75, 3.05) is 7.11 Å². The third-order valence-corrected chi connectivity index (χ3v) is 2.27. The average molecular weight is 209 g/mol. The van der Waals surface area contributed by atoms with E-state index in [4.69, 9.17) is 20.8 Å². The van der Waals surface area contributed by atoms with E-state index in [0.29, 0.717) is 10.8 Å². The van der Waals surface area contributed by atoms with Gasteiger partial charge >= 0.3 is 0 Å². The molecule has 0 aliphatic rings. The third kappa shape index (κ3) is 1.61. The molecule has 2 nitrogen and oxygen atoms in total. The van der Waals surface area contributed by atoms with E-state index in [0.717, 1.165) is 11.3 Å². The van der Waals surface area contributed by atoms with Crippen molar-refractivity contribution in [2.45, 2.75) is 0 Å². The van der Waals surface area contributed by atoms with E-state index in [9.17, 15) is 0 Å². The zero-order valence-electron chi connectivity index (χ0n) is 7.66. The Labute approximate surface area is 87.1 Å². The molecule has 0 bridgehead atoms. The smallest absolute Gasteiger partial charge is 0.138 e. The molecule has 0 saturated heterocycles. The molecule has 0 amide bonds. The second-order valence-corrected chi connectivity index (χ2v) is 3.23. The molecule has 0 aliphatic carbocycles. The van der Waals surface area contributed by atoms with Crippen LogP contribution >= 0.6 is 11.6 Å². The summed E-state index contributed by atoms with van der Waals surface area (Å²) >= 11 is 5.90. The van der Waals surface area contributed by atoms with Gasteiger partial charge in [-0.15, -0.1) is 0 Å². The van der Waals surface area contributed by atoms with Crippen molar-refractivity contribution in [3.63, 3.8) is 0 Å². The number of halogens is 1. The van der Waals surface area contributed by atoms with E-state index < -0.39 is 0 Å². The van der Waals surface area contributed by atoms with Gasteiger partial charge in [0.05, 0.1) is 18.4 Å². The molecular formula is C11H9ClO2. The second kappa shape index (κ2) is 3.76. The van der Waals surface area contributed by atoms with Gasteiger partial charge in [0.1, 0.15) is 11.5 Å². The molecule has 2 rings (SSSR count). The number of hydrogen-bond acceptors (Lipinski definition) is 2. The molecule has 2 aromatic rings. The van der Waals surface area contributed by atoms with Crippen LogP contribution in [0.5, 0.6) is 5.75 Å². The Kier molecular flexibility index (Phi) is 2.46. The molecule has 3 heteroatoms. The van der Waals surface area contributed by atoms with Gasteiger partial charge in [-0.3, -0.25) is 0 Å². The highest BCUT2D eigenvalue weighted by Crippen LogP contribution is 2.30. The summed E-state index contributed by atoms with van der Waals surface area (Å²) in [5.74, 6) is 1.46. The van der Waals surface area contributed by atoms with E-state index in [1.165, 1.54) is 0 Å². The molecule has 0 fully saturated rings. The van der Waals surface area contributed by atoms with Gasteiger partial charge in [-0.1, -0.05) is 11.6 Å². The van der Waals surface area contributed by atoms with Crippen LogP contribution in [0.1, 0.15) is 0 Å². The first kappa shape index (κ1) is 9.16. The number of benzene rings is 1. The fourth-order valence-electron chi connectivity index (χ4n) is 1.26. The van der Waals surface area contributed by atoms with Gasteiger partial charge in [-0.2, -0.15) is 0 Å². The van der Waals surface area contributed by atoms with Crippen LogP contribution in [0.4, 0.5) is 0 Å².